The Balaban J connectivity index is 1.85. The Bertz CT molecular complexity index is 1010. The van der Waals surface area contributed by atoms with Crippen molar-refractivity contribution in [1.82, 2.24) is 4.90 Å². The molecule has 0 spiro atoms. The van der Waals surface area contributed by atoms with Gasteiger partial charge in [-0.3, -0.25) is 9.52 Å². The monoisotopic (exact) mass is 432 g/mol. The molecule has 1 amide bonds. The van der Waals surface area contributed by atoms with Crippen LogP contribution in [0.3, 0.4) is 0 Å². The highest BCUT2D eigenvalue weighted by atomic mass is 32.2. The summed E-state index contributed by atoms with van der Waals surface area (Å²) in [6.45, 7) is 2.44. The normalized spacial score (nSPS) is 16.4. The maximum atomic E-state index is 13.3. The third-order valence-electron chi connectivity index (χ3n) is 5.17. The van der Waals surface area contributed by atoms with Crippen molar-refractivity contribution in [2.24, 2.45) is 0 Å². The van der Waals surface area contributed by atoms with E-state index in [1.807, 2.05) is 23.1 Å². The van der Waals surface area contributed by atoms with Crippen LogP contribution in [0.15, 0.2) is 42.5 Å². The fourth-order valence-corrected chi connectivity index (χ4v) is 4.93. The van der Waals surface area contributed by atoms with E-state index in [0.29, 0.717) is 35.7 Å². The molecule has 2 aromatic rings. The fraction of sp³-hybridized carbons (Fsp3) is 0.409. The average molecular weight is 433 g/mol. The van der Waals surface area contributed by atoms with Crippen LogP contribution in [-0.4, -0.2) is 45.7 Å². The maximum absolute atomic E-state index is 13.3. The van der Waals surface area contributed by atoms with Gasteiger partial charge in [0.1, 0.15) is 11.5 Å². The van der Waals surface area contributed by atoms with Crippen molar-refractivity contribution in [3.63, 3.8) is 0 Å². The zero-order chi connectivity index (χ0) is 21.7. The highest BCUT2D eigenvalue weighted by Crippen LogP contribution is 2.39. The molecule has 0 aromatic heterocycles. The first-order chi connectivity index (χ1) is 14.4. The van der Waals surface area contributed by atoms with Crippen LogP contribution < -0.4 is 14.2 Å². The Morgan fingerprint density at radius 1 is 1.17 bits per heavy atom. The number of anilines is 1. The van der Waals surface area contributed by atoms with Gasteiger partial charge in [0.2, 0.25) is 10.0 Å². The predicted octanol–water partition coefficient (Wildman–Crippen LogP) is 3.83. The van der Waals surface area contributed by atoms with Gasteiger partial charge in [-0.25, -0.2) is 8.42 Å². The molecule has 1 unspecified atom stereocenters. The fourth-order valence-electron chi connectivity index (χ4n) is 3.81. The second-order valence-corrected chi connectivity index (χ2v) is 9.11. The van der Waals surface area contributed by atoms with Crippen LogP contribution in [-0.2, 0) is 10.0 Å². The Morgan fingerprint density at radius 2 is 1.97 bits per heavy atom. The van der Waals surface area contributed by atoms with Crippen LogP contribution in [0.4, 0.5) is 5.69 Å². The van der Waals surface area contributed by atoms with Gasteiger partial charge in [-0.1, -0.05) is 13.0 Å². The summed E-state index contributed by atoms with van der Waals surface area (Å²) < 4.78 is 37.5. The van der Waals surface area contributed by atoms with E-state index in [1.54, 1.807) is 45.4 Å². The summed E-state index contributed by atoms with van der Waals surface area (Å²) in [5, 5.41) is 0. The Labute approximate surface area is 178 Å². The largest absolute Gasteiger partial charge is 0.497 e. The molecule has 0 saturated carbocycles. The third-order valence-corrected chi connectivity index (χ3v) is 6.66. The molecule has 162 valence electrons. The molecule has 2 aromatic carbocycles. The zero-order valence-electron chi connectivity index (χ0n) is 17.6. The van der Waals surface area contributed by atoms with Crippen molar-refractivity contribution in [3.8, 4) is 11.5 Å². The molecule has 0 radical (unpaired) electrons. The SMILES string of the molecule is CCCS(=O)(=O)Nc1cccc(C(=O)N2CCCC2c2ccc(OC)cc2OC)c1. The van der Waals surface area contributed by atoms with E-state index in [-0.39, 0.29) is 17.7 Å². The zero-order valence-corrected chi connectivity index (χ0v) is 18.4. The summed E-state index contributed by atoms with van der Waals surface area (Å²) in [7, 11) is -0.218. The number of nitrogens with zero attached hydrogens (tertiary/aromatic N) is 1. The summed E-state index contributed by atoms with van der Waals surface area (Å²) in [6.07, 6.45) is 2.23. The molecular formula is C22H28N2O5S. The van der Waals surface area contributed by atoms with Gasteiger partial charge in [-0.2, -0.15) is 0 Å². The number of hydrogen-bond acceptors (Lipinski definition) is 5. The van der Waals surface area contributed by atoms with E-state index in [2.05, 4.69) is 4.72 Å². The van der Waals surface area contributed by atoms with E-state index in [9.17, 15) is 13.2 Å². The van der Waals surface area contributed by atoms with E-state index < -0.39 is 10.0 Å². The first kappa shape index (κ1) is 22.0. The van der Waals surface area contributed by atoms with Crippen molar-refractivity contribution in [1.29, 1.82) is 0 Å². The van der Waals surface area contributed by atoms with Gasteiger partial charge >= 0.3 is 0 Å². The number of methoxy groups -OCH3 is 2. The van der Waals surface area contributed by atoms with Gasteiger partial charge in [0.15, 0.2) is 0 Å². The third kappa shape index (κ3) is 4.87. The van der Waals surface area contributed by atoms with Crippen LogP contribution in [0.5, 0.6) is 11.5 Å². The smallest absolute Gasteiger partial charge is 0.254 e. The van der Waals surface area contributed by atoms with Crippen LogP contribution in [0, 0.1) is 0 Å². The summed E-state index contributed by atoms with van der Waals surface area (Å²) in [6, 6.07) is 12.1. The molecule has 8 heteroatoms. The average Bonchev–Trinajstić information content (AvgIpc) is 3.22. The molecule has 3 rings (SSSR count). The van der Waals surface area contributed by atoms with E-state index >= 15 is 0 Å². The minimum Gasteiger partial charge on any atom is -0.497 e. The van der Waals surface area contributed by atoms with E-state index in [1.165, 1.54) is 0 Å². The highest BCUT2D eigenvalue weighted by molar-refractivity contribution is 7.92. The second-order valence-electron chi connectivity index (χ2n) is 7.27. The highest BCUT2D eigenvalue weighted by Gasteiger charge is 2.32. The standard InChI is InChI=1S/C22H28N2O5S/c1-4-13-30(26,27)23-17-8-5-7-16(14-17)22(25)24-12-6-9-20(24)19-11-10-18(28-2)15-21(19)29-3/h5,7-8,10-11,14-15,20,23H,4,6,9,12-13H2,1-3H3. The molecule has 1 aliphatic heterocycles. The molecule has 1 saturated heterocycles. The molecule has 0 bridgehead atoms. The van der Waals surface area contributed by atoms with E-state index in [0.717, 1.165) is 18.4 Å². The van der Waals surface area contributed by atoms with Crippen LogP contribution in [0.25, 0.3) is 0 Å². The number of carbonyl (C=O) groups is 1. The molecule has 30 heavy (non-hydrogen) atoms. The van der Waals surface area contributed by atoms with Crippen molar-refractivity contribution >= 4 is 21.6 Å². The lowest BCUT2D eigenvalue weighted by molar-refractivity contribution is 0.0734. The minimum absolute atomic E-state index is 0.0383. The Kier molecular flexibility index (Phi) is 6.87. The molecule has 1 fully saturated rings. The van der Waals surface area contributed by atoms with Crippen LogP contribution in [0.1, 0.15) is 48.1 Å². The predicted molar refractivity (Wildman–Crippen MR) is 117 cm³/mol. The number of benzene rings is 2. The van der Waals surface area contributed by atoms with Gasteiger partial charge in [0.05, 0.1) is 26.0 Å². The number of ether oxygens (including phenoxy) is 2. The number of hydrogen-bond donors (Lipinski definition) is 1. The van der Waals surface area contributed by atoms with Gasteiger partial charge in [0.25, 0.3) is 5.91 Å². The van der Waals surface area contributed by atoms with Crippen LogP contribution in [0.2, 0.25) is 0 Å². The van der Waals surface area contributed by atoms with Gasteiger partial charge in [-0.05, 0) is 49.6 Å². The summed E-state index contributed by atoms with van der Waals surface area (Å²) in [5.74, 6) is 1.28. The van der Waals surface area contributed by atoms with Crippen LogP contribution >= 0.6 is 0 Å². The molecule has 0 aliphatic carbocycles. The minimum atomic E-state index is -3.42. The molecule has 1 heterocycles. The number of amides is 1. The van der Waals surface area contributed by atoms with Gasteiger partial charge < -0.3 is 14.4 Å². The maximum Gasteiger partial charge on any atom is 0.254 e. The van der Waals surface area contributed by atoms with Gasteiger partial charge in [0, 0.05) is 29.4 Å². The number of sulfonamides is 1. The van der Waals surface area contributed by atoms with Crippen molar-refractivity contribution in [3.05, 3.63) is 53.6 Å². The summed E-state index contributed by atoms with van der Waals surface area (Å²) in [5.41, 5.74) is 1.78. The van der Waals surface area contributed by atoms with Gasteiger partial charge in [-0.15, -0.1) is 0 Å². The molecule has 1 atom stereocenters. The van der Waals surface area contributed by atoms with Crippen molar-refractivity contribution in [2.45, 2.75) is 32.2 Å². The lowest BCUT2D eigenvalue weighted by atomic mass is 10.0. The van der Waals surface area contributed by atoms with Crippen molar-refractivity contribution in [2.75, 3.05) is 31.2 Å². The Hall–Kier alpha value is -2.74. The van der Waals surface area contributed by atoms with E-state index in [4.69, 9.17) is 9.47 Å². The lowest BCUT2D eigenvalue weighted by Gasteiger charge is -2.27. The second kappa shape index (κ2) is 9.38. The summed E-state index contributed by atoms with van der Waals surface area (Å²) >= 11 is 0. The first-order valence-corrected chi connectivity index (χ1v) is 11.7. The molecule has 1 N–H and O–H groups in total. The molecular weight excluding hydrogens is 404 g/mol. The quantitative estimate of drug-likeness (QED) is 0.685. The number of rotatable bonds is 8. The Morgan fingerprint density at radius 3 is 2.67 bits per heavy atom. The topological polar surface area (TPSA) is 84.9 Å². The number of nitrogens with one attached hydrogen (secondary N) is 1. The molecule has 7 nitrogen and oxygen atoms in total. The lowest BCUT2D eigenvalue weighted by Crippen LogP contribution is -2.30. The first-order valence-electron chi connectivity index (χ1n) is 10.0. The summed E-state index contributed by atoms with van der Waals surface area (Å²) in [4.78, 5) is 15.1. The number of carbonyl (C=O) groups excluding carboxylic acids is 1. The number of likely N-dealkylation sites (tertiary alicyclic amines) is 1. The van der Waals surface area contributed by atoms with Crippen molar-refractivity contribution < 1.29 is 22.7 Å². The molecule has 1 aliphatic rings.